The zero-order valence-electron chi connectivity index (χ0n) is 8.18. The Hall–Kier alpha value is -0.810. The van der Waals surface area contributed by atoms with Crippen molar-refractivity contribution in [1.29, 1.82) is 0 Å². The van der Waals surface area contributed by atoms with Gasteiger partial charge in [0.15, 0.2) is 0 Å². The van der Waals surface area contributed by atoms with E-state index in [1.165, 1.54) is 0 Å². The second kappa shape index (κ2) is 3.74. The second-order valence-electron chi connectivity index (χ2n) is 3.75. The van der Waals surface area contributed by atoms with E-state index in [-0.39, 0.29) is 12.1 Å². The summed E-state index contributed by atoms with van der Waals surface area (Å²) < 4.78 is 5.49. The number of aliphatic imine (C=N–C) groups is 1. The van der Waals surface area contributed by atoms with Gasteiger partial charge in [-0.25, -0.2) is 4.99 Å². The van der Waals surface area contributed by atoms with E-state index in [0.717, 1.165) is 13.0 Å². The van der Waals surface area contributed by atoms with Crippen molar-refractivity contribution in [2.75, 3.05) is 6.54 Å². The summed E-state index contributed by atoms with van der Waals surface area (Å²) in [4.78, 5) is 4.20. The lowest BCUT2D eigenvalue weighted by molar-refractivity contribution is -0.0502. The molecule has 1 aliphatic carbocycles. The normalized spacial score (nSPS) is 41.2. The number of amidine groups is 1. The number of hydrogen-bond acceptors (Lipinski definition) is 5. The van der Waals surface area contributed by atoms with Crippen LogP contribution in [0.4, 0.5) is 0 Å². The van der Waals surface area contributed by atoms with Gasteiger partial charge in [-0.3, -0.25) is 0 Å². The Morgan fingerprint density at radius 3 is 3.00 bits per heavy atom. The molecule has 4 atom stereocenters. The monoisotopic (exact) mass is 200 g/mol. The predicted octanol–water partition coefficient (Wildman–Crippen LogP) is -0.765. The zero-order valence-corrected chi connectivity index (χ0v) is 8.18. The first-order valence-electron chi connectivity index (χ1n) is 5.07. The highest BCUT2D eigenvalue weighted by Gasteiger charge is 2.43. The minimum atomic E-state index is -0.787. The lowest BCUT2D eigenvalue weighted by atomic mass is 9.88. The molecule has 1 aliphatic heterocycles. The molecule has 2 rings (SSSR count). The van der Waals surface area contributed by atoms with E-state index in [1.54, 1.807) is 0 Å². The average molecular weight is 200 g/mol. The highest BCUT2D eigenvalue weighted by Crippen LogP contribution is 2.28. The van der Waals surface area contributed by atoms with Crippen LogP contribution in [-0.2, 0) is 4.74 Å². The second-order valence-corrected chi connectivity index (χ2v) is 3.75. The summed E-state index contributed by atoms with van der Waals surface area (Å²) in [5, 5.41) is 22.1. The number of rotatable bonds is 1. The summed E-state index contributed by atoms with van der Waals surface area (Å²) in [5.41, 5.74) is 0. The van der Waals surface area contributed by atoms with E-state index in [0.29, 0.717) is 12.4 Å². The molecule has 1 saturated carbocycles. The fraction of sp³-hybridized carbons (Fsp3) is 0.889. The van der Waals surface area contributed by atoms with E-state index in [4.69, 9.17) is 4.74 Å². The third-order valence-electron chi connectivity index (χ3n) is 2.73. The first-order valence-corrected chi connectivity index (χ1v) is 5.07. The van der Waals surface area contributed by atoms with Gasteiger partial charge in [0, 0.05) is 6.54 Å². The van der Waals surface area contributed by atoms with Gasteiger partial charge in [-0.05, 0) is 19.8 Å². The van der Waals surface area contributed by atoms with Crippen molar-refractivity contribution in [2.45, 2.75) is 44.1 Å². The first-order chi connectivity index (χ1) is 6.72. The van der Waals surface area contributed by atoms with Crippen molar-refractivity contribution in [1.82, 2.24) is 5.32 Å². The van der Waals surface area contributed by atoms with Gasteiger partial charge in [0.05, 0.1) is 6.10 Å². The maximum absolute atomic E-state index is 9.67. The van der Waals surface area contributed by atoms with E-state index < -0.39 is 12.2 Å². The Morgan fingerprint density at radius 1 is 1.50 bits per heavy atom. The van der Waals surface area contributed by atoms with Crippen molar-refractivity contribution in [2.24, 2.45) is 4.99 Å². The molecule has 5 heteroatoms. The lowest BCUT2D eigenvalue weighted by Gasteiger charge is -2.30. The first kappa shape index (κ1) is 9.73. The molecule has 4 unspecified atom stereocenters. The van der Waals surface area contributed by atoms with Crippen LogP contribution in [0.2, 0.25) is 0 Å². The fourth-order valence-electron chi connectivity index (χ4n) is 1.96. The molecule has 1 fully saturated rings. The fourth-order valence-corrected chi connectivity index (χ4v) is 1.96. The van der Waals surface area contributed by atoms with Crippen molar-refractivity contribution in [3.05, 3.63) is 0 Å². The summed E-state index contributed by atoms with van der Waals surface area (Å²) in [5.74, 6) is 0. The molecule has 3 N–H and O–H groups in total. The van der Waals surface area contributed by atoms with Crippen LogP contribution in [0.15, 0.2) is 4.99 Å². The molecule has 80 valence electrons. The molecule has 1 heterocycles. The molecule has 2 aliphatic rings. The predicted molar refractivity (Wildman–Crippen MR) is 51.0 cm³/mol. The molecule has 5 nitrogen and oxygen atoms in total. The standard InChI is InChI=1S/C9H16N2O3/c1-2-10-9-11-7-6(14-9)4-3-5(12)8(7)13/h5-8,12-13H,2-4H2,1H3,(H,10,11). The highest BCUT2D eigenvalue weighted by atomic mass is 16.5. The maximum atomic E-state index is 9.67. The van der Waals surface area contributed by atoms with Crippen molar-refractivity contribution >= 4 is 6.02 Å². The molecule has 0 spiro atoms. The van der Waals surface area contributed by atoms with Crippen LogP contribution in [0.25, 0.3) is 0 Å². The van der Waals surface area contributed by atoms with E-state index in [9.17, 15) is 10.2 Å². The highest BCUT2D eigenvalue weighted by molar-refractivity contribution is 5.75. The summed E-state index contributed by atoms with van der Waals surface area (Å²) in [6, 6.07) is 0.198. The quantitative estimate of drug-likeness (QED) is 0.520. The van der Waals surface area contributed by atoms with Gasteiger partial charge in [-0.1, -0.05) is 0 Å². The number of nitrogens with zero attached hydrogens (tertiary/aromatic N) is 1. The third-order valence-corrected chi connectivity index (χ3v) is 2.73. The molecule has 14 heavy (non-hydrogen) atoms. The molecule has 0 radical (unpaired) electrons. The van der Waals surface area contributed by atoms with E-state index in [2.05, 4.69) is 10.3 Å². The van der Waals surface area contributed by atoms with Crippen molar-refractivity contribution < 1.29 is 14.9 Å². The Kier molecular flexibility index (Phi) is 2.60. The molecular weight excluding hydrogens is 184 g/mol. The molecular formula is C9H16N2O3. The molecule has 0 aromatic rings. The van der Waals surface area contributed by atoms with Crippen LogP contribution in [0.5, 0.6) is 0 Å². The van der Waals surface area contributed by atoms with Gasteiger partial charge in [-0.15, -0.1) is 0 Å². The van der Waals surface area contributed by atoms with Gasteiger partial charge >= 0.3 is 0 Å². The van der Waals surface area contributed by atoms with Crippen LogP contribution >= 0.6 is 0 Å². The third kappa shape index (κ3) is 1.57. The largest absolute Gasteiger partial charge is 0.460 e. The summed E-state index contributed by atoms with van der Waals surface area (Å²) in [7, 11) is 0. The maximum Gasteiger partial charge on any atom is 0.285 e. The number of aliphatic hydroxyl groups excluding tert-OH is 2. The molecule has 0 saturated heterocycles. The zero-order chi connectivity index (χ0) is 10.1. The van der Waals surface area contributed by atoms with Gasteiger partial charge in [0.1, 0.15) is 18.2 Å². The van der Waals surface area contributed by atoms with E-state index in [1.807, 2.05) is 6.92 Å². The Labute approximate surface area is 82.8 Å². The summed E-state index contributed by atoms with van der Waals surface area (Å²) in [6.45, 7) is 2.70. The number of ether oxygens (including phenoxy) is 1. The minimum Gasteiger partial charge on any atom is -0.460 e. The van der Waals surface area contributed by atoms with Gasteiger partial charge in [0.2, 0.25) is 0 Å². The lowest BCUT2D eigenvalue weighted by Crippen LogP contribution is -2.46. The average Bonchev–Trinajstić information content (AvgIpc) is 2.56. The number of nitrogens with one attached hydrogen (secondary N) is 1. The number of hydrogen-bond donors (Lipinski definition) is 3. The minimum absolute atomic E-state index is 0.0672. The summed E-state index contributed by atoms with van der Waals surface area (Å²) >= 11 is 0. The summed E-state index contributed by atoms with van der Waals surface area (Å²) in [6.07, 6.45) is -0.185. The molecule has 0 amide bonds. The molecule has 0 aromatic carbocycles. The van der Waals surface area contributed by atoms with Crippen LogP contribution in [0.1, 0.15) is 19.8 Å². The number of aliphatic hydroxyl groups is 2. The van der Waals surface area contributed by atoms with Crippen LogP contribution in [-0.4, -0.2) is 47.1 Å². The Bertz CT molecular complexity index is 244. The van der Waals surface area contributed by atoms with E-state index >= 15 is 0 Å². The van der Waals surface area contributed by atoms with Gasteiger partial charge in [0.25, 0.3) is 6.02 Å². The van der Waals surface area contributed by atoms with Crippen molar-refractivity contribution in [3.63, 3.8) is 0 Å². The van der Waals surface area contributed by atoms with Crippen LogP contribution in [0.3, 0.4) is 0 Å². The molecule has 0 aromatic heterocycles. The van der Waals surface area contributed by atoms with Gasteiger partial charge in [-0.2, -0.15) is 0 Å². The Morgan fingerprint density at radius 2 is 2.29 bits per heavy atom. The van der Waals surface area contributed by atoms with Gasteiger partial charge < -0.3 is 20.3 Å². The van der Waals surface area contributed by atoms with Crippen LogP contribution in [0, 0.1) is 0 Å². The SMILES string of the molecule is CCNC1=NC2C(CCC(O)C2O)O1. The van der Waals surface area contributed by atoms with Crippen LogP contribution < -0.4 is 5.32 Å². The topological polar surface area (TPSA) is 74.1 Å². The van der Waals surface area contributed by atoms with Crippen molar-refractivity contribution in [3.8, 4) is 0 Å². The Balaban J connectivity index is 2.05. The smallest absolute Gasteiger partial charge is 0.285 e. The number of fused-ring (bicyclic) bond motifs is 1. The molecule has 0 bridgehead atoms.